The Kier molecular flexibility index (Phi) is 3.40. The number of nitrogens with one attached hydrogen (secondary N) is 2. The molecule has 1 aromatic rings. The fourth-order valence-electron chi connectivity index (χ4n) is 2.85. The summed E-state index contributed by atoms with van der Waals surface area (Å²) in [7, 11) is 0. The van der Waals surface area contributed by atoms with Gasteiger partial charge in [0.1, 0.15) is 6.04 Å². The van der Waals surface area contributed by atoms with Crippen LogP contribution in [0.4, 0.5) is 5.69 Å². The average molecular weight is 301 g/mol. The highest BCUT2D eigenvalue weighted by molar-refractivity contribution is 6.25. The highest BCUT2D eigenvalue weighted by atomic mass is 16.2. The Morgan fingerprint density at radius 2 is 2.00 bits per heavy atom. The Morgan fingerprint density at radius 1 is 1.23 bits per heavy atom. The van der Waals surface area contributed by atoms with Crippen LogP contribution in [0.5, 0.6) is 0 Å². The Morgan fingerprint density at radius 3 is 2.68 bits per heavy atom. The standard InChI is InChI=1S/C15H15N3O4/c1-2-16-9-5-3-4-8-12(9)15(22)18(14(8)21)10-6-7-11(19)17-13(10)20/h3-5,10,16H,2,6-7H2,1H3,(H,17,19,20). The quantitative estimate of drug-likeness (QED) is 0.794. The molecule has 1 aromatic carbocycles. The van der Waals surface area contributed by atoms with E-state index in [1.54, 1.807) is 18.2 Å². The monoisotopic (exact) mass is 301 g/mol. The second kappa shape index (κ2) is 5.25. The first-order chi connectivity index (χ1) is 10.5. The third kappa shape index (κ3) is 2.05. The third-order valence-electron chi connectivity index (χ3n) is 3.84. The van der Waals surface area contributed by atoms with Crippen molar-refractivity contribution in [3.8, 4) is 0 Å². The maximum absolute atomic E-state index is 12.6. The van der Waals surface area contributed by atoms with Crippen LogP contribution >= 0.6 is 0 Å². The zero-order valence-electron chi connectivity index (χ0n) is 12.0. The van der Waals surface area contributed by atoms with Crippen molar-refractivity contribution in [3.63, 3.8) is 0 Å². The van der Waals surface area contributed by atoms with Gasteiger partial charge in [0.05, 0.1) is 11.1 Å². The van der Waals surface area contributed by atoms with Gasteiger partial charge in [0.25, 0.3) is 11.8 Å². The molecule has 0 radical (unpaired) electrons. The summed E-state index contributed by atoms with van der Waals surface area (Å²) in [5.74, 6) is -1.97. The smallest absolute Gasteiger partial charge is 0.264 e. The number of anilines is 1. The predicted molar refractivity (Wildman–Crippen MR) is 77.3 cm³/mol. The Bertz CT molecular complexity index is 698. The van der Waals surface area contributed by atoms with Crippen molar-refractivity contribution >= 4 is 29.3 Å². The number of hydrogen-bond donors (Lipinski definition) is 2. The molecule has 1 saturated heterocycles. The normalized spacial score (nSPS) is 21.0. The van der Waals surface area contributed by atoms with Crippen LogP contribution in [0, 0.1) is 0 Å². The first-order valence-electron chi connectivity index (χ1n) is 7.13. The number of fused-ring (bicyclic) bond motifs is 1. The molecule has 22 heavy (non-hydrogen) atoms. The van der Waals surface area contributed by atoms with Crippen LogP contribution in [0.15, 0.2) is 18.2 Å². The van der Waals surface area contributed by atoms with Gasteiger partial charge in [0, 0.05) is 18.7 Å². The summed E-state index contributed by atoms with van der Waals surface area (Å²) in [5.41, 5.74) is 1.15. The molecule has 1 unspecified atom stereocenters. The summed E-state index contributed by atoms with van der Waals surface area (Å²) in [6, 6.07) is 4.05. The van der Waals surface area contributed by atoms with E-state index in [1.165, 1.54) is 0 Å². The zero-order valence-corrected chi connectivity index (χ0v) is 12.0. The molecule has 3 rings (SSSR count). The lowest BCUT2D eigenvalue weighted by molar-refractivity contribution is -0.136. The van der Waals surface area contributed by atoms with Gasteiger partial charge in [-0.3, -0.25) is 29.4 Å². The Labute approximate surface area is 126 Å². The van der Waals surface area contributed by atoms with Crippen molar-refractivity contribution in [2.75, 3.05) is 11.9 Å². The van der Waals surface area contributed by atoms with Gasteiger partial charge in [-0.1, -0.05) is 6.07 Å². The lowest BCUT2D eigenvalue weighted by atomic mass is 10.0. The number of hydrogen-bond acceptors (Lipinski definition) is 5. The Hall–Kier alpha value is -2.70. The first kappa shape index (κ1) is 14.2. The van der Waals surface area contributed by atoms with Gasteiger partial charge in [-0.15, -0.1) is 0 Å². The van der Waals surface area contributed by atoms with Crippen molar-refractivity contribution < 1.29 is 19.2 Å². The van der Waals surface area contributed by atoms with E-state index < -0.39 is 23.8 Å². The van der Waals surface area contributed by atoms with E-state index in [0.29, 0.717) is 17.8 Å². The molecule has 7 heteroatoms. The number of amides is 4. The third-order valence-corrected chi connectivity index (χ3v) is 3.84. The van der Waals surface area contributed by atoms with Gasteiger partial charge in [0.2, 0.25) is 11.8 Å². The minimum absolute atomic E-state index is 0.115. The van der Waals surface area contributed by atoms with Crippen LogP contribution in [-0.2, 0) is 9.59 Å². The topological polar surface area (TPSA) is 95.6 Å². The van der Waals surface area contributed by atoms with E-state index in [4.69, 9.17) is 0 Å². The maximum Gasteiger partial charge on any atom is 0.264 e. The second-order valence-electron chi connectivity index (χ2n) is 5.21. The molecule has 0 spiro atoms. The van der Waals surface area contributed by atoms with E-state index >= 15 is 0 Å². The van der Waals surface area contributed by atoms with Gasteiger partial charge in [-0.2, -0.15) is 0 Å². The van der Waals surface area contributed by atoms with Gasteiger partial charge < -0.3 is 5.32 Å². The summed E-state index contributed by atoms with van der Waals surface area (Å²) >= 11 is 0. The summed E-state index contributed by atoms with van der Waals surface area (Å²) in [6.07, 6.45) is 0.274. The number of nitrogens with zero attached hydrogens (tertiary/aromatic N) is 1. The highest BCUT2D eigenvalue weighted by Crippen LogP contribution is 2.32. The van der Waals surface area contributed by atoms with Gasteiger partial charge >= 0.3 is 0 Å². The summed E-state index contributed by atoms with van der Waals surface area (Å²) in [4.78, 5) is 49.3. The molecular weight excluding hydrogens is 286 g/mol. The molecule has 1 atom stereocenters. The van der Waals surface area contributed by atoms with Gasteiger partial charge in [-0.25, -0.2) is 0 Å². The van der Waals surface area contributed by atoms with Crippen LogP contribution in [0.25, 0.3) is 0 Å². The molecule has 114 valence electrons. The molecule has 4 amide bonds. The maximum atomic E-state index is 12.6. The van der Waals surface area contributed by atoms with Crippen molar-refractivity contribution in [2.45, 2.75) is 25.8 Å². The molecule has 2 N–H and O–H groups in total. The molecule has 2 aliphatic rings. The molecule has 2 heterocycles. The summed E-state index contributed by atoms with van der Waals surface area (Å²) in [5, 5.41) is 5.22. The number of imide groups is 2. The number of rotatable bonds is 3. The van der Waals surface area contributed by atoms with E-state index in [-0.39, 0.29) is 24.3 Å². The number of benzene rings is 1. The van der Waals surface area contributed by atoms with Gasteiger partial charge in [-0.05, 0) is 25.5 Å². The molecule has 0 bridgehead atoms. The average Bonchev–Trinajstić information content (AvgIpc) is 2.73. The molecule has 0 aliphatic carbocycles. The van der Waals surface area contributed by atoms with E-state index in [1.807, 2.05) is 6.92 Å². The molecule has 0 saturated carbocycles. The van der Waals surface area contributed by atoms with Crippen molar-refractivity contribution in [1.82, 2.24) is 10.2 Å². The van der Waals surface area contributed by atoms with Crippen molar-refractivity contribution in [2.24, 2.45) is 0 Å². The molecule has 7 nitrogen and oxygen atoms in total. The fraction of sp³-hybridized carbons (Fsp3) is 0.333. The number of carbonyl (C=O) groups excluding carboxylic acids is 4. The zero-order chi connectivity index (χ0) is 15.9. The van der Waals surface area contributed by atoms with E-state index in [0.717, 1.165) is 4.90 Å². The lowest BCUT2D eigenvalue weighted by Crippen LogP contribution is -2.54. The molecular formula is C15H15N3O4. The predicted octanol–water partition coefficient (Wildman–Crippen LogP) is 0.520. The van der Waals surface area contributed by atoms with Crippen LogP contribution in [0.2, 0.25) is 0 Å². The molecule has 0 aromatic heterocycles. The first-order valence-corrected chi connectivity index (χ1v) is 7.13. The van der Waals surface area contributed by atoms with E-state index in [2.05, 4.69) is 10.6 Å². The fourth-order valence-corrected chi connectivity index (χ4v) is 2.85. The van der Waals surface area contributed by atoms with E-state index in [9.17, 15) is 19.2 Å². The number of carbonyl (C=O) groups is 4. The summed E-state index contributed by atoms with van der Waals surface area (Å²) in [6.45, 7) is 2.49. The van der Waals surface area contributed by atoms with Crippen LogP contribution in [0.3, 0.4) is 0 Å². The lowest BCUT2D eigenvalue weighted by Gasteiger charge is -2.27. The highest BCUT2D eigenvalue weighted by Gasteiger charge is 2.45. The van der Waals surface area contributed by atoms with Crippen molar-refractivity contribution in [1.29, 1.82) is 0 Å². The van der Waals surface area contributed by atoms with Crippen LogP contribution in [0.1, 0.15) is 40.5 Å². The van der Waals surface area contributed by atoms with Crippen molar-refractivity contribution in [3.05, 3.63) is 29.3 Å². The molecule has 1 fully saturated rings. The largest absolute Gasteiger partial charge is 0.385 e. The minimum atomic E-state index is -0.931. The van der Waals surface area contributed by atoms with Crippen LogP contribution < -0.4 is 10.6 Å². The minimum Gasteiger partial charge on any atom is -0.385 e. The Balaban J connectivity index is 1.98. The number of piperidine rings is 1. The SMILES string of the molecule is CCNc1cccc2c1C(=O)N(C1CCC(=O)NC1=O)C2=O. The molecule has 2 aliphatic heterocycles. The van der Waals surface area contributed by atoms with Crippen LogP contribution in [-0.4, -0.2) is 41.1 Å². The van der Waals surface area contributed by atoms with Gasteiger partial charge in [0.15, 0.2) is 0 Å². The second-order valence-corrected chi connectivity index (χ2v) is 5.21. The summed E-state index contributed by atoms with van der Waals surface area (Å²) < 4.78 is 0.